The highest BCUT2D eigenvalue weighted by Crippen LogP contribution is 2.29. The molecule has 2 aromatic carbocycles. The van der Waals surface area contributed by atoms with Gasteiger partial charge in [-0.15, -0.1) is 0 Å². The number of carbonyl (C=O) groups is 1. The first-order valence-electron chi connectivity index (χ1n) is 10.8. The van der Waals surface area contributed by atoms with Gasteiger partial charge >= 0.3 is 5.69 Å². The van der Waals surface area contributed by atoms with Crippen LogP contribution in [0.2, 0.25) is 5.02 Å². The lowest BCUT2D eigenvalue weighted by molar-refractivity contribution is -0.386. The van der Waals surface area contributed by atoms with E-state index in [2.05, 4.69) is 10.4 Å². The van der Waals surface area contributed by atoms with Crippen molar-refractivity contribution < 1.29 is 18.9 Å². The number of benzene rings is 2. The molecule has 4 aromatic rings. The Hall–Kier alpha value is -4.11. The Balaban J connectivity index is 1.44. The molecular weight excluding hydrogens is 472 g/mol. The van der Waals surface area contributed by atoms with Gasteiger partial charge in [0.1, 0.15) is 12.4 Å². The second-order valence-corrected chi connectivity index (χ2v) is 8.44. The third-order valence-corrected chi connectivity index (χ3v) is 5.83. The van der Waals surface area contributed by atoms with Crippen LogP contribution in [0.4, 0.5) is 11.4 Å². The SMILES string of the molecule is Cc1ccc(OCc2ccc(C(=O)Nc3c(C)nn(Cc4ccccc4Cl)c3C)o2)c([N+](=O)[O-])c1. The zero-order chi connectivity index (χ0) is 25.1. The summed E-state index contributed by atoms with van der Waals surface area (Å²) in [5.74, 6) is 0.119. The van der Waals surface area contributed by atoms with Gasteiger partial charge in [0.2, 0.25) is 0 Å². The highest BCUT2D eigenvalue weighted by atomic mass is 35.5. The Morgan fingerprint density at radius 3 is 2.69 bits per heavy atom. The zero-order valence-electron chi connectivity index (χ0n) is 19.4. The Labute approximate surface area is 206 Å². The molecule has 0 aliphatic heterocycles. The van der Waals surface area contributed by atoms with Gasteiger partial charge in [0.05, 0.1) is 28.5 Å². The van der Waals surface area contributed by atoms with Crippen molar-refractivity contribution in [1.82, 2.24) is 9.78 Å². The van der Waals surface area contributed by atoms with E-state index in [1.54, 1.807) is 23.7 Å². The van der Waals surface area contributed by atoms with E-state index in [0.717, 1.165) is 16.8 Å². The number of nitro benzene ring substituents is 1. The largest absolute Gasteiger partial charge is 0.479 e. The predicted molar refractivity (Wildman–Crippen MR) is 131 cm³/mol. The predicted octanol–water partition coefficient (Wildman–Crippen LogP) is 5.84. The van der Waals surface area contributed by atoms with Crippen molar-refractivity contribution in [2.75, 3.05) is 5.32 Å². The lowest BCUT2D eigenvalue weighted by Crippen LogP contribution is -2.12. The summed E-state index contributed by atoms with van der Waals surface area (Å²) in [5, 5.41) is 19.3. The summed E-state index contributed by atoms with van der Waals surface area (Å²) < 4.78 is 13.0. The fourth-order valence-electron chi connectivity index (χ4n) is 3.61. The van der Waals surface area contributed by atoms with E-state index in [1.165, 1.54) is 18.2 Å². The van der Waals surface area contributed by atoms with Crippen LogP contribution in [0.5, 0.6) is 5.75 Å². The van der Waals surface area contributed by atoms with Crippen molar-refractivity contribution in [3.05, 3.63) is 104 Å². The average Bonchev–Trinajstić information content (AvgIpc) is 3.40. The molecule has 4 rings (SSSR count). The summed E-state index contributed by atoms with van der Waals surface area (Å²) in [5.41, 5.74) is 3.56. The van der Waals surface area contributed by atoms with Gasteiger partial charge in [0.25, 0.3) is 5.91 Å². The molecule has 2 heterocycles. The summed E-state index contributed by atoms with van der Waals surface area (Å²) in [4.78, 5) is 23.6. The first-order valence-corrected chi connectivity index (χ1v) is 11.2. The van der Waals surface area contributed by atoms with Crippen LogP contribution in [0.25, 0.3) is 0 Å². The third-order valence-electron chi connectivity index (χ3n) is 5.46. The molecule has 1 amide bonds. The summed E-state index contributed by atoms with van der Waals surface area (Å²) >= 11 is 6.27. The Morgan fingerprint density at radius 1 is 1.17 bits per heavy atom. The van der Waals surface area contributed by atoms with E-state index in [4.69, 9.17) is 20.8 Å². The number of anilines is 1. The van der Waals surface area contributed by atoms with E-state index in [-0.39, 0.29) is 23.8 Å². The van der Waals surface area contributed by atoms with Crippen LogP contribution in [0.1, 0.15) is 38.8 Å². The molecule has 0 atom stereocenters. The minimum Gasteiger partial charge on any atom is -0.479 e. The van der Waals surface area contributed by atoms with Gasteiger partial charge in [0, 0.05) is 11.1 Å². The number of nitrogens with one attached hydrogen (secondary N) is 1. The molecule has 0 radical (unpaired) electrons. The van der Waals surface area contributed by atoms with Crippen LogP contribution in [-0.2, 0) is 13.2 Å². The van der Waals surface area contributed by atoms with E-state index in [9.17, 15) is 14.9 Å². The highest BCUT2D eigenvalue weighted by molar-refractivity contribution is 6.31. The van der Waals surface area contributed by atoms with Crippen LogP contribution < -0.4 is 10.1 Å². The lowest BCUT2D eigenvalue weighted by atomic mass is 10.2. The van der Waals surface area contributed by atoms with Crippen molar-refractivity contribution >= 4 is 28.9 Å². The topological polar surface area (TPSA) is 112 Å². The molecule has 0 saturated heterocycles. The third kappa shape index (κ3) is 5.36. The quantitative estimate of drug-likeness (QED) is 0.243. The molecule has 10 heteroatoms. The van der Waals surface area contributed by atoms with Gasteiger partial charge in [-0.2, -0.15) is 5.10 Å². The summed E-state index contributed by atoms with van der Waals surface area (Å²) in [6.07, 6.45) is 0. The molecule has 0 fully saturated rings. The molecule has 2 aromatic heterocycles. The number of aromatic nitrogens is 2. The van der Waals surface area contributed by atoms with Crippen LogP contribution >= 0.6 is 11.6 Å². The van der Waals surface area contributed by atoms with Gasteiger partial charge in [-0.1, -0.05) is 35.9 Å². The number of hydrogen-bond acceptors (Lipinski definition) is 6. The van der Waals surface area contributed by atoms with Gasteiger partial charge < -0.3 is 14.5 Å². The van der Waals surface area contributed by atoms with Crippen LogP contribution in [0, 0.1) is 30.9 Å². The Kier molecular flexibility index (Phi) is 6.88. The zero-order valence-corrected chi connectivity index (χ0v) is 20.1. The molecule has 180 valence electrons. The number of carbonyl (C=O) groups excluding carboxylic acids is 1. The molecule has 0 spiro atoms. The first-order chi connectivity index (χ1) is 16.7. The van der Waals surface area contributed by atoms with Gasteiger partial charge in [-0.25, -0.2) is 0 Å². The fraction of sp³-hybridized carbons (Fsp3) is 0.200. The molecule has 0 saturated carbocycles. The van der Waals surface area contributed by atoms with Crippen LogP contribution in [0.3, 0.4) is 0 Å². The number of nitro groups is 1. The molecule has 0 unspecified atom stereocenters. The number of aryl methyl sites for hydroxylation is 2. The lowest BCUT2D eigenvalue weighted by Gasteiger charge is -2.08. The maximum absolute atomic E-state index is 12.8. The molecule has 35 heavy (non-hydrogen) atoms. The van der Waals surface area contributed by atoms with Crippen molar-refractivity contribution in [2.24, 2.45) is 0 Å². The smallest absolute Gasteiger partial charge is 0.311 e. The second kappa shape index (κ2) is 10.0. The van der Waals surface area contributed by atoms with Crippen LogP contribution in [-0.4, -0.2) is 20.6 Å². The fourth-order valence-corrected chi connectivity index (χ4v) is 3.81. The normalized spacial score (nSPS) is 10.9. The molecular formula is C25H23ClN4O5. The molecule has 0 bridgehead atoms. The van der Waals surface area contributed by atoms with E-state index >= 15 is 0 Å². The maximum Gasteiger partial charge on any atom is 0.311 e. The minimum atomic E-state index is -0.500. The molecule has 1 N–H and O–H groups in total. The summed E-state index contributed by atoms with van der Waals surface area (Å²) in [6.45, 7) is 5.84. The molecule has 0 aliphatic carbocycles. The number of nitrogens with zero attached hydrogens (tertiary/aromatic N) is 3. The first kappa shape index (κ1) is 24.0. The number of halogens is 1. The minimum absolute atomic E-state index is 0.0645. The van der Waals surface area contributed by atoms with E-state index in [1.807, 2.05) is 38.1 Å². The Bertz CT molecular complexity index is 1410. The van der Waals surface area contributed by atoms with E-state index < -0.39 is 10.8 Å². The second-order valence-electron chi connectivity index (χ2n) is 8.03. The maximum atomic E-state index is 12.8. The monoisotopic (exact) mass is 494 g/mol. The number of ether oxygens (including phenoxy) is 1. The summed E-state index contributed by atoms with van der Waals surface area (Å²) in [6, 6.07) is 15.3. The number of hydrogen-bond donors (Lipinski definition) is 1. The standard InChI is InChI=1S/C25H23ClN4O5/c1-15-8-10-22(21(12-15)30(32)33)34-14-19-9-11-23(35-19)25(31)27-24-16(2)28-29(17(24)3)13-18-6-4-5-7-20(18)26/h4-12H,13-14H2,1-3H3,(H,27,31). The number of rotatable bonds is 8. The van der Waals surface area contributed by atoms with Gasteiger partial charge in [0.15, 0.2) is 11.5 Å². The van der Waals surface area contributed by atoms with E-state index in [0.29, 0.717) is 28.7 Å². The van der Waals surface area contributed by atoms with Crippen molar-refractivity contribution in [2.45, 2.75) is 33.9 Å². The highest BCUT2D eigenvalue weighted by Gasteiger charge is 2.19. The number of furan rings is 1. The van der Waals surface area contributed by atoms with Crippen molar-refractivity contribution in [1.29, 1.82) is 0 Å². The molecule has 0 aliphatic rings. The van der Waals surface area contributed by atoms with Gasteiger partial charge in [-0.05, 0) is 56.2 Å². The average molecular weight is 495 g/mol. The van der Waals surface area contributed by atoms with Crippen molar-refractivity contribution in [3.8, 4) is 5.75 Å². The van der Waals surface area contributed by atoms with Gasteiger partial charge in [-0.3, -0.25) is 19.6 Å². The number of amides is 1. The Morgan fingerprint density at radius 2 is 1.94 bits per heavy atom. The van der Waals surface area contributed by atoms with Crippen molar-refractivity contribution in [3.63, 3.8) is 0 Å². The molecule has 9 nitrogen and oxygen atoms in total. The van der Waals surface area contributed by atoms with Crippen LogP contribution in [0.15, 0.2) is 59.0 Å². The summed E-state index contributed by atoms with van der Waals surface area (Å²) in [7, 11) is 0.